The standard InChI is InChI=1S/C27H32ClN9O3S/c1-30-26(38)18-7-6-16(13-31-18)19-11-20(23-25(29)32-15-33-37(19)23)36-8-4-5-17(14-36)34-27(39)24-21(12-22(28)41-24)40-10-9-35(2)3/h6-7,11-13,15,17H,4-5,8-10,14H2,1-3H3,(H,30,38)(H,34,39)(H2,29,32,33)/t17-/m1/s1. The molecule has 0 aromatic carbocycles. The SMILES string of the molecule is CNC(=O)c1ccc(-c2cc(N3CCC[C@@H](NC(=O)c4sc(Cl)cc4OCCN(C)C)C3)c3c(N)ncnn23)cn1. The van der Waals surface area contributed by atoms with Gasteiger partial charge in [0.05, 0.1) is 15.7 Å². The van der Waals surface area contributed by atoms with Gasteiger partial charge in [0, 0.05) is 50.6 Å². The Labute approximate surface area is 246 Å². The number of carbonyl (C=O) groups is 2. The lowest BCUT2D eigenvalue weighted by atomic mass is 10.0. The van der Waals surface area contributed by atoms with Crippen molar-refractivity contribution in [3.8, 4) is 17.0 Å². The Bertz CT molecular complexity index is 1550. The van der Waals surface area contributed by atoms with Crippen molar-refractivity contribution >= 4 is 51.8 Å². The van der Waals surface area contributed by atoms with E-state index in [0.717, 1.165) is 42.9 Å². The van der Waals surface area contributed by atoms with Gasteiger partial charge in [-0.3, -0.25) is 14.6 Å². The molecule has 216 valence electrons. The van der Waals surface area contributed by atoms with Gasteiger partial charge in [-0.25, -0.2) is 9.50 Å². The number of nitrogen functional groups attached to an aromatic ring is 1. The molecule has 0 radical (unpaired) electrons. The number of pyridine rings is 1. The molecule has 1 aliphatic heterocycles. The van der Waals surface area contributed by atoms with E-state index in [1.165, 1.54) is 17.7 Å². The van der Waals surface area contributed by atoms with Crippen LogP contribution in [0.2, 0.25) is 4.34 Å². The number of piperidine rings is 1. The maximum Gasteiger partial charge on any atom is 0.269 e. The Balaban J connectivity index is 1.37. The van der Waals surface area contributed by atoms with E-state index < -0.39 is 0 Å². The average molecular weight is 598 g/mol. The molecule has 0 spiro atoms. The molecule has 5 heterocycles. The van der Waals surface area contributed by atoms with Crippen molar-refractivity contribution in [3.63, 3.8) is 0 Å². The van der Waals surface area contributed by atoms with Gasteiger partial charge < -0.3 is 30.9 Å². The molecule has 4 aromatic rings. The third kappa shape index (κ3) is 6.21. The van der Waals surface area contributed by atoms with Crippen LogP contribution in [-0.2, 0) is 0 Å². The number of carbonyl (C=O) groups excluding carboxylic acids is 2. The normalized spacial score (nSPS) is 15.3. The highest BCUT2D eigenvalue weighted by Crippen LogP contribution is 2.36. The number of fused-ring (bicyclic) bond motifs is 1. The monoisotopic (exact) mass is 597 g/mol. The number of nitrogens with two attached hydrogens (primary N) is 1. The first-order chi connectivity index (χ1) is 19.7. The van der Waals surface area contributed by atoms with Gasteiger partial charge in [-0.05, 0) is 45.1 Å². The average Bonchev–Trinajstić information content (AvgIpc) is 3.54. The summed E-state index contributed by atoms with van der Waals surface area (Å²) in [4.78, 5) is 38.4. The Morgan fingerprint density at radius 3 is 2.80 bits per heavy atom. The van der Waals surface area contributed by atoms with Gasteiger partial charge >= 0.3 is 0 Å². The molecule has 1 atom stereocenters. The molecule has 12 nitrogen and oxygen atoms in total. The third-order valence-corrected chi connectivity index (χ3v) is 8.09. The van der Waals surface area contributed by atoms with Crippen LogP contribution in [0.4, 0.5) is 11.5 Å². The zero-order valence-corrected chi connectivity index (χ0v) is 24.6. The number of likely N-dealkylation sites (N-methyl/N-ethyl adjacent to an activating group) is 1. The zero-order chi connectivity index (χ0) is 29.1. The summed E-state index contributed by atoms with van der Waals surface area (Å²) in [7, 11) is 5.49. The third-order valence-electron chi connectivity index (χ3n) is 6.85. The van der Waals surface area contributed by atoms with E-state index in [0.29, 0.717) is 45.1 Å². The predicted octanol–water partition coefficient (Wildman–Crippen LogP) is 2.79. The number of rotatable bonds is 9. The number of halogens is 1. The number of ether oxygens (including phenoxy) is 1. The molecule has 1 aliphatic rings. The lowest BCUT2D eigenvalue weighted by molar-refractivity contribution is 0.0930. The summed E-state index contributed by atoms with van der Waals surface area (Å²) in [6.45, 7) is 2.52. The van der Waals surface area contributed by atoms with Crippen molar-refractivity contribution in [1.29, 1.82) is 0 Å². The van der Waals surface area contributed by atoms with Crippen molar-refractivity contribution in [2.45, 2.75) is 18.9 Å². The fourth-order valence-electron chi connectivity index (χ4n) is 4.82. The van der Waals surface area contributed by atoms with Crippen LogP contribution in [0.3, 0.4) is 0 Å². The molecule has 2 amide bonds. The summed E-state index contributed by atoms with van der Waals surface area (Å²) in [5.74, 6) is 0.370. The predicted molar refractivity (Wildman–Crippen MR) is 160 cm³/mol. The van der Waals surface area contributed by atoms with Gasteiger partial charge in [-0.1, -0.05) is 11.6 Å². The van der Waals surface area contributed by atoms with Crippen molar-refractivity contribution in [2.75, 3.05) is 58.0 Å². The van der Waals surface area contributed by atoms with Crippen molar-refractivity contribution < 1.29 is 14.3 Å². The first kappa shape index (κ1) is 28.6. The van der Waals surface area contributed by atoms with Crippen molar-refractivity contribution in [3.05, 3.63) is 51.7 Å². The van der Waals surface area contributed by atoms with Crippen LogP contribution in [0, 0.1) is 0 Å². The Hall–Kier alpha value is -3.94. The molecule has 0 saturated carbocycles. The maximum absolute atomic E-state index is 13.3. The highest BCUT2D eigenvalue weighted by Gasteiger charge is 2.28. The summed E-state index contributed by atoms with van der Waals surface area (Å²) >= 11 is 7.45. The summed E-state index contributed by atoms with van der Waals surface area (Å²) in [5.41, 5.74) is 9.73. The zero-order valence-electron chi connectivity index (χ0n) is 23.1. The summed E-state index contributed by atoms with van der Waals surface area (Å²) in [6.07, 6.45) is 4.74. The van der Waals surface area contributed by atoms with Gasteiger partial charge in [0.1, 0.15) is 34.8 Å². The van der Waals surface area contributed by atoms with E-state index in [-0.39, 0.29) is 17.9 Å². The molecule has 0 unspecified atom stereocenters. The molecule has 1 saturated heterocycles. The van der Waals surface area contributed by atoms with E-state index in [4.69, 9.17) is 22.1 Å². The minimum absolute atomic E-state index is 0.107. The second kappa shape index (κ2) is 12.3. The smallest absolute Gasteiger partial charge is 0.269 e. The first-order valence-corrected chi connectivity index (χ1v) is 14.4. The lowest BCUT2D eigenvalue weighted by Gasteiger charge is -2.34. The van der Waals surface area contributed by atoms with Gasteiger partial charge in [-0.2, -0.15) is 5.10 Å². The number of anilines is 2. The number of nitrogens with zero attached hydrogens (tertiary/aromatic N) is 6. The molecular formula is C27H32ClN9O3S. The van der Waals surface area contributed by atoms with Crippen LogP contribution in [-0.4, -0.2) is 89.7 Å². The topological polar surface area (TPSA) is 143 Å². The Kier molecular flexibility index (Phi) is 8.57. The quantitative estimate of drug-likeness (QED) is 0.265. The minimum atomic E-state index is -0.262. The van der Waals surface area contributed by atoms with E-state index in [2.05, 4.69) is 30.6 Å². The number of hydrogen-bond acceptors (Lipinski definition) is 10. The number of nitrogens with one attached hydrogen (secondary N) is 2. The Morgan fingerprint density at radius 1 is 1.24 bits per heavy atom. The number of amides is 2. The van der Waals surface area contributed by atoms with Crippen LogP contribution in [0.5, 0.6) is 5.75 Å². The van der Waals surface area contributed by atoms with E-state index in [1.807, 2.05) is 31.1 Å². The highest BCUT2D eigenvalue weighted by molar-refractivity contribution is 7.18. The van der Waals surface area contributed by atoms with Gasteiger partial charge in [0.25, 0.3) is 11.8 Å². The second-order valence-electron chi connectivity index (χ2n) is 9.99. The molecular weight excluding hydrogens is 566 g/mol. The Morgan fingerprint density at radius 2 is 2.07 bits per heavy atom. The molecule has 41 heavy (non-hydrogen) atoms. The van der Waals surface area contributed by atoms with E-state index >= 15 is 0 Å². The van der Waals surface area contributed by atoms with Gasteiger partial charge in [0.2, 0.25) is 0 Å². The van der Waals surface area contributed by atoms with E-state index in [9.17, 15) is 9.59 Å². The highest BCUT2D eigenvalue weighted by atomic mass is 35.5. The van der Waals surface area contributed by atoms with Crippen LogP contribution < -0.4 is 26.0 Å². The first-order valence-electron chi connectivity index (χ1n) is 13.2. The number of thiophene rings is 1. The molecule has 1 fully saturated rings. The van der Waals surface area contributed by atoms with Crippen LogP contribution in [0.15, 0.2) is 36.8 Å². The molecule has 0 bridgehead atoms. The van der Waals surface area contributed by atoms with Crippen LogP contribution in [0.1, 0.15) is 33.0 Å². The molecule has 4 aromatic heterocycles. The summed E-state index contributed by atoms with van der Waals surface area (Å²) in [5, 5.41) is 10.2. The van der Waals surface area contributed by atoms with E-state index in [1.54, 1.807) is 29.9 Å². The van der Waals surface area contributed by atoms with Gasteiger partial charge in [0.15, 0.2) is 5.82 Å². The van der Waals surface area contributed by atoms with Crippen molar-refractivity contribution in [1.82, 2.24) is 35.1 Å². The minimum Gasteiger partial charge on any atom is -0.490 e. The largest absolute Gasteiger partial charge is 0.490 e. The number of hydrogen-bond donors (Lipinski definition) is 3. The summed E-state index contributed by atoms with van der Waals surface area (Å²) < 4.78 is 8.10. The van der Waals surface area contributed by atoms with Gasteiger partial charge in [-0.15, -0.1) is 11.3 Å². The molecule has 0 aliphatic carbocycles. The lowest BCUT2D eigenvalue weighted by Crippen LogP contribution is -2.47. The molecule has 14 heteroatoms. The van der Waals surface area contributed by atoms with Crippen LogP contribution in [0.25, 0.3) is 16.8 Å². The fraction of sp³-hybridized carbons (Fsp3) is 0.370. The maximum atomic E-state index is 13.3. The number of aromatic nitrogens is 4. The molecule has 5 rings (SSSR count). The molecule has 4 N–H and O–H groups in total. The fourth-order valence-corrected chi connectivity index (χ4v) is 5.88. The van der Waals surface area contributed by atoms with Crippen LogP contribution >= 0.6 is 22.9 Å². The van der Waals surface area contributed by atoms with Crippen molar-refractivity contribution in [2.24, 2.45) is 0 Å². The second-order valence-corrected chi connectivity index (χ2v) is 11.7. The summed E-state index contributed by atoms with van der Waals surface area (Å²) in [6, 6.07) is 7.07.